The predicted octanol–water partition coefficient (Wildman–Crippen LogP) is 5.40. The number of aromatic nitrogens is 1. The van der Waals surface area contributed by atoms with Gasteiger partial charge in [0, 0.05) is 33.7 Å². The molecule has 0 fully saturated rings. The summed E-state index contributed by atoms with van der Waals surface area (Å²) in [6.07, 6.45) is 1.51. The molecule has 4 aromatic rings. The fourth-order valence-corrected chi connectivity index (χ4v) is 3.80. The summed E-state index contributed by atoms with van der Waals surface area (Å²) in [6.45, 7) is 2.14. The summed E-state index contributed by atoms with van der Waals surface area (Å²) in [5.74, 6) is -0.595. The molecule has 0 radical (unpaired) electrons. The second-order valence-corrected chi connectivity index (χ2v) is 7.69. The van der Waals surface area contributed by atoms with Crippen molar-refractivity contribution in [1.29, 1.82) is 0 Å². The van der Waals surface area contributed by atoms with Gasteiger partial charge in [0.1, 0.15) is 0 Å². The van der Waals surface area contributed by atoms with Crippen molar-refractivity contribution in [2.45, 2.75) is 13.5 Å². The molecule has 0 saturated carbocycles. The van der Waals surface area contributed by atoms with Crippen molar-refractivity contribution >= 4 is 40.0 Å². The smallest absolute Gasteiger partial charge is 0.363 e. The van der Waals surface area contributed by atoms with Gasteiger partial charge in [-0.1, -0.05) is 59.1 Å². The predicted molar refractivity (Wildman–Crippen MR) is 118 cm³/mol. The van der Waals surface area contributed by atoms with Gasteiger partial charge in [0.15, 0.2) is 5.52 Å². The number of halogens is 2. The van der Waals surface area contributed by atoms with Crippen LogP contribution in [0, 0.1) is 6.92 Å². The van der Waals surface area contributed by atoms with E-state index in [1.54, 1.807) is 30.3 Å². The Kier molecular flexibility index (Phi) is 5.57. The maximum absolute atomic E-state index is 13.0. The minimum atomic E-state index is -0.669. The highest BCUT2D eigenvalue weighted by Crippen LogP contribution is 2.30. The van der Waals surface area contributed by atoms with Crippen LogP contribution in [0.1, 0.15) is 21.7 Å². The van der Waals surface area contributed by atoms with Gasteiger partial charge in [-0.25, -0.2) is 9.78 Å². The lowest BCUT2D eigenvalue weighted by atomic mass is 9.99. The minimum absolute atomic E-state index is 0.0718. The highest BCUT2D eigenvalue weighted by Gasteiger charge is 2.21. The molecule has 0 unspecified atom stereocenters. The number of aryl methyl sites for hydroxylation is 1. The molecule has 0 saturated heterocycles. The Morgan fingerprint density at radius 2 is 1.77 bits per heavy atom. The third-order valence-electron chi connectivity index (χ3n) is 4.61. The first kappa shape index (κ1) is 20.1. The summed E-state index contributed by atoms with van der Waals surface area (Å²) in [5.41, 5.74) is 2.56. The van der Waals surface area contributed by atoms with Gasteiger partial charge < -0.3 is 9.73 Å². The lowest BCUT2D eigenvalue weighted by Gasteiger charge is -2.12. The van der Waals surface area contributed by atoms with Crippen LogP contribution in [0.3, 0.4) is 0 Å². The van der Waals surface area contributed by atoms with Crippen LogP contribution in [-0.2, 0) is 6.54 Å². The lowest BCUT2D eigenvalue weighted by molar-refractivity contribution is 0.0920. The van der Waals surface area contributed by atoms with Crippen LogP contribution >= 0.6 is 23.2 Å². The summed E-state index contributed by atoms with van der Waals surface area (Å²) in [4.78, 5) is 29.6. The summed E-state index contributed by atoms with van der Waals surface area (Å²) in [6, 6.07) is 16.1. The standard InChI is InChI=1S/C23H16Cl2N2O3/c1-13-4-6-15(7-5-13)19-18-3-2-8-26-20(18)23(29)30-21(19)22(28)27-12-14-9-16(24)11-17(25)10-14/h2-11H,12H2,1H3,(H,27,28). The number of pyridine rings is 1. The molecule has 2 aromatic heterocycles. The number of benzene rings is 2. The monoisotopic (exact) mass is 438 g/mol. The van der Waals surface area contributed by atoms with Crippen molar-refractivity contribution in [2.24, 2.45) is 0 Å². The van der Waals surface area contributed by atoms with Gasteiger partial charge in [0.25, 0.3) is 5.91 Å². The lowest BCUT2D eigenvalue weighted by Crippen LogP contribution is -2.25. The SMILES string of the molecule is Cc1ccc(-c2c(C(=O)NCc3cc(Cl)cc(Cl)c3)oc(=O)c3ncccc23)cc1. The van der Waals surface area contributed by atoms with Gasteiger partial charge in [-0.2, -0.15) is 0 Å². The number of hydrogen-bond donors (Lipinski definition) is 1. The molecule has 150 valence electrons. The van der Waals surface area contributed by atoms with Crippen LogP contribution in [-0.4, -0.2) is 10.9 Å². The number of hydrogen-bond acceptors (Lipinski definition) is 4. The van der Waals surface area contributed by atoms with E-state index in [0.29, 0.717) is 21.0 Å². The number of carbonyl (C=O) groups is 1. The van der Waals surface area contributed by atoms with Gasteiger partial charge in [-0.15, -0.1) is 0 Å². The molecule has 0 aliphatic carbocycles. The van der Waals surface area contributed by atoms with Gasteiger partial charge in [-0.3, -0.25) is 4.79 Å². The second kappa shape index (κ2) is 8.30. The molecule has 2 heterocycles. The Balaban J connectivity index is 1.79. The Morgan fingerprint density at radius 1 is 1.07 bits per heavy atom. The molecule has 0 aliphatic rings. The van der Waals surface area contributed by atoms with Gasteiger partial charge >= 0.3 is 5.63 Å². The molecule has 5 nitrogen and oxygen atoms in total. The number of rotatable bonds is 4. The maximum Gasteiger partial charge on any atom is 0.363 e. The van der Waals surface area contributed by atoms with Crippen LogP contribution in [0.25, 0.3) is 22.0 Å². The third kappa shape index (κ3) is 4.08. The number of nitrogens with zero attached hydrogens (tertiary/aromatic N) is 1. The van der Waals surface area contributed by atoms with E-state index >= 15 is 0 Å². The van der Waals surface area contributed by atoms with Crippen molar-refractivity contribution in [1.82, 2.24) is 10.3 Å². The van der Waals surface area contributed by atoms with Crippen molar-refractivity contribution in [3.63, 3.8) is 0 Å². The van der Waals surface area contributed by atoms with Crippen molar-refractivity contribution in [2.75, 3.05) is 0 Å². The Bertz CT molecular complexity index is 1290. The molecule has 0 bridgehead atoms. The number of amides is 1. The zero-order valence-corrected chi connectivity index (χ0v) is 17.4. The van der Waals surface area contributed by atoms with Crippen molar-refractivity contribution in [3.05, 3.63) is 98.1 Å². The average molecular weight is 439 g/mol. The van der Waals surface area contributed by atoms with E-state index < -0.39 is 11.5 Å². The van der Waals surface area contributed by atoms with E-state index in [-0.39, 0.29) is 17.8 Å². The molecule has 0 atom stereocenters. The summed E-state index contributed by atoms with van der Waals surface area (Å²) in [7, 11) is 0. The van der Waals surface area contributed by atoms with Crippen molar-refractivity contribution in [3.8, 4) is 11.1 Å². The van der Waals surface area contributed by atoms with Crippen LogP contribution < -0.4 is 10.9 Å². The molecule has 0 aliphatic heterocycles. The van der Waals surface area contributed by atoms with Crippen LogP contribution in [0.2, 0.25) is 10.0 Å². The fraction of sp³-hybridized carbons (Fsp3) is 0.0870. The molecular formula is C23H16Cl2N2O3. The van der Waals surface area contributed by atoms with Crippen LogP contribution in [0.15, 0.2) is 70.0 Å². The van der Waals surface area contributed by atoms with E-state index in [1.165, 1.54) is 6.20 Å². The van der Waals surface area contributed by atoms with E-state index in [2.05, 4.69) is 10.3 Å². The van der Waals surface area contributed by atoms with Gasteiger partial charge in [0.2, 0.25) is 5.76 Å². The highest BCUT2D eigenvalue weighted by molar-refractivity contribution is 6.34. The Labute approximate surface area is 182 Å². The Morgan fingerprint density at radius 3 is 2.47 bits per heavy atom. The van der Waals surface area contributed by atoms with E-state index in [4.69, 9.17) is 27.6 Å². The van der Waals surface area contributed by atoms with Crippen LogP contribution in [0.4, 0.5) is 0 Å². The summed E-state index contributed by atoms with van der Waals surface area (Å²) >= 11 is 12.0. The molecule has 7 heteroatoms. The first-order valence-corrected chi connectivity index (χ1v) is 9.90. The third-order valence-corrected chi connectivity index (χ3v) is 5.05. The van der Waals surface area contributed by atoms with E-state index in [0.717, 1.165) is 16.7 Å². The number of fused-ring (bicyclic) bond motifs is 1. The molecule has 2 aromatic carbocycles. The summed E-state index contributed by atoms with van der Waals surface area (Å²) in [5, 5.41) is 4.26. The molecular weight excluding hydrogens is 423 g/mol. The minimum Gasteiger partial charge on any atom is -0.415 e. The fourth-order valence-electron chi connectivity index (χ4n) is 3.23. The maximum atomic E-state index is 13.0. The summed E-state index contributed by atoms with van der Waals surface area (Å²) < 4.78 is 5.42. The molecule has 1 amide bonds. The number of nitrogens with one attached hydrogen (secondary N) is 1. The molecule has 4 rings (SSSR count). The second-order valence-electron chi connectivity index (χ2n) is 6.82. The molecule has 1 N–H and O–H groups in total. The van der Waals surface area contributed by atoms with E-state index in [9.17, 15) is 9.59 Å². The quantitative estimate of drug-likeness (QED) is 0.462. The number of carbonyl (C=O) groups excluding carboxylic acids is 1. The topological polar surface area (TPSA) is 72.2 Å². The van der Waals surface area contributed by atoms with Crippen molar-refractivity contribution < 1.29 is 9.21 Å². The largest absolute Gasteiger partial charge is 0.415 e. The van der Waals surface area contributed by atoms with Gasteiger partial charge in [0.05, 0.1) is 0 Å². The normalized spacial score (nSPS) is 10.9. The average Bonchev–Trinajstić information content (AvgIpc) is 2.72. The highest BCUT2D eigenvalue weighted by atomic mass is 35.5. The zero-order valence-electron chi connectivity index (χ0n) is 15.9. The molecule has 30 heavy (non-hydrogen) atoms. The van der Waals surface area contributed by atoms with Crippen LogP contribution in [0.5, 0.6) is 0 Å². The zero-order chi connectivity index (χ0) is 21.3. The van der Waals surface area contributed by atoms with Gasteiger partial charge in [-0.05, 0) is 42.3 Å². The molecule has 0 spiro atoms. The first-order chi connectivity index (χ1) is 14.4. The first-order valence-electron chi connectivity index (χ1n) is 9.14. The Hall–Kier alpha value is -3.15. The van der Waals surface area contributed by atoms with E-state index in [1.807, 2.05) is 31.2 Å².